The van der Waals surface area contributed by atoms with Crippen LogP contribution in [0, 0.1) is 6.92 Å². The van der Waals surface area contributed by atoms with Crippen molar-refractivity contribution in [2.45, 2.75) is 47.0 Å². The molecule has 0 unspecified atom stereocenters. The Bertz CT molecular complexity index is 728. The Balaban J connectivity index is 2.24. The molecule has 0 bridgehead atoms. The topological polar surface area (TPSA) is 51.5 Å². The van der Waals surface area contributed by atoms with Gasteiger partial charge in [-0.25, -0.2) is 0 Å². The predicted molar refractivity (Wildman–Crippen MR) is 98.3 cm³/mol. The third kappa shape index (κ3) is 4.40. The van der Waals surface area contributed by atoms with E-state index in [4.69, 9.17) is 9.15 Å². The van der Waals surface area contributed by atoms with Crippen molar-refractivity contribution >= 4 is 22.4 Å². The van der Waals surface area contributed by atoms with Gasteiger partial charge in [-0.15, -0.1) is 0 Å². The van der Waals surface area contributed by atoms with Crippen molar-refractivity contribution in [3.05, 3.63) is 35.6 Å². The Kier molecular flexibility index (Phi) is 6.47. The fourth-order valence-corrected chi connectivity index (χ4v) is 2.68. The Morgan fingerprint density at radius 2 is 2.08 bits per heavy atom. The van der Waals surface area contributed by atoms with Crippen LogP contribution >= 0.6 is 0 Å². The third-order valence-electron chi connectivity index (χ3n) is 4.02. The van der Waals surface area contributed by atoms with E-state index in [-0.39, 0.29) is 5.91 Å². The molecule has 0 aliphatic carbocycles. The molecule has 0 saturated carbocycles. The minimum absolute atomic E-state index is 0.0601. The molecule has 4 nitrogen and oxygen atoms in total. The maximum atomic E-state index is 12.1. The van der Waals surface area contributed by atoms with Crippen molar-refractivity contribution in [3.63, 3.8) is 0 Å². The lowest BCUT2D eigenvalue weighted by atomic mass is 10.0. The van der Waals surface area contributed by atoms with Crippen molar-refractivity contribution in [3.8, 4) is 5.75 Å². The van der Waals surface area contributed by atoms with Crippen LogP contribution in [-0.2, 0) is 4.79 Å². The first-order valence-electron chi connectivity index (χ1n) is 8.68. The van der Waals surface area contributed by atoms with Gasteiger partial charge in [-0.3, -0.25) is 4.79 Å². The number of amides is 1. The average Bonchev–Trinajstić information content (AvgIpc) is 2.91. The maximum Gasteiger partial charge on any atom is 0.244 e. The molecule has 0 radical (unpaired) electrons. The Hall–Kier alpha value is -2.23. The second-order valence-corrected chi connectivity index (χ2v) is 6.02. The average molecular weight is 329 g/mol. The molecule has 0 atom stereocenters. The summed E-state index contributed by atoms with van der Waals surface area (Å²) in [6, 6.07) is 3.94. The molecule has 1 aromatic heterocycles. The van der Waals surface area contributed by atoms with Gasteiger partial charge < -0.3 is 14.5 Å². The van der Waals surface area contributed by atoms with Crippen LogP contribution in [0.5, 0.6) is 5.75 Å². The number of hydrogen-bond donors (Lipinski definition) is 1. The number of ether oxygens (including phenoxy) is 1. The van der Waals surface area contributed by atoms with Crippen molar-refractivity contribution in [1.29, 1.82) is 0 Å². The fraction of sp³-hybridized carbons (Fsp3) is 0.450. The second-order valence-electron chi connectivity index (χ2n) is 6.02. The number of aryl methyl sites for hydroxylation is 1. The smallest absolute Gasteiger partial charge is 0.244 e. The normalized spacial score (nSPS) is 11.8. The van der Waals surface area contributed by atoms with E-state index in [9.17, 15) is 4.79 Å². The molecule has 0 fully saturated rings. The minimum Gasteiger partial charge on any atom is -0.493 e. The number of allylic oxidation sites excluding steroid dienone is 1. The largest absolute Gasteiger partial charge is 0.493 e. The Morgan fingerprint density at radius 3 is 2.79 bits per heavy atom. The highest BCUT2D eigenvalue weighted by molar-refractivity contribution is 5.97. The van der Waals surface area contributed by atoms with Gasteiger partial charge in [0.1, 0.15) is 11.3 Å². The van der Waals surface area contributed by atoms with Gasteiger partial charge in [-0.1, -0.05) is 19.8 Å². The van der Waals surface area contributed by atoms with Crippen LogP contribution in [0.2, 0.25) is 0 Å². The summed E-state index contributed by atoms with van der Waals surface area (Å²) in [6.07, 6.45) is 6.68. The van der Waals surface area contributed by atoms with Gasteiger partial charge in [-0.05, 0) is 44.4 Å². The van der Waals surface area contributed by atoms with Crippen molar-refractivity contribution in [1.82, 2.24) is 5.32 Å². The van der Waals surface area contributed by atoms with Gasteiger partial charge in [0.05, 0.1) is 12.9 Å². The van der Waals surface area contributed by atoms with Crippen LogP contribution in [0.1, 0.15) is 51.2 Å². The zero-order chi connectivity index (χ0) is 17.5. The van der Waals surface area contributed by atoms with Gasteiger partial charge in [0.25, 0.3) is 0 Å². The van der Waals surface area contributed by atoms with Crippen LogP contribution in [0.4, 0.5) is 0 Å². The number of hydrogen-bond acceptors (Lipinski definition) is 3. The molecule has 0 aliphatic heterocycles. The Morgan fingerprint density at radius 1 is 1.29 bits per heavy atom. The third-order valence-corrected chi connectivity index (χ3v) is 4.02. The van der Waals surface area contributed by atoms with E-state index < -0.39 is 0 Å². The zero-order valence-electron chi connectivity index (χ0n) is 15.1. The van der Waals surface area contributed by atoms with Gasteiger partial charge in [0, 0.05) is 29.6 Å². The molecule has 1 heterocycles. The van der Waals surface area contributed by atoms with Gasteiger partial charge in [0.15, 0.2) is 0 Å². The first-order valence-corrected chi connectivity index (χ1v) is 8.68. The van der Waals surface area contributed by atoms with E-state index in [1.807, 2.05) is 32.9 Å². The van der Waals surface area contributed by atoms with Crippen LogP contribution in [0.15, 0.2) is 28.9 Å². The van der Waals surface area contributed by atoms with E-state index in [1.54, 1.807) is 12.3 Å². The molecule has 0 spiro atoms. The van der Waals surface area contributed by atoms with Gasteiger partial charge in [-0.2, -0.15) is 0 Å². The zero-order valence-corrected chi connectivity index (χ0v) is 15.1. The molecule has 1 amide bonds. The Labute approximate surface area is 143 Å². The summed E-state index contributed by atoms with van der Waals surface area (Å²) in [5.41, 5.74) is 3.69. The molecular formula is C20H27NO3. The first kappa shape index (κ1) is 18.1. The van der Waals surface area contributed by atoms with Crippen molar-refractivity contribution in [2.24, 2.45) is 0 Å². The van der Waals surface area contributed by atoms with Crippen LogP contribution in [0.25, 0.3) is 16.5 Å². The summed E-state index contributed by atoms with van der Waals surface area (Å²) < 4.78 is 11.3. The van der Waals surface area contributed by atoms with E-state index in [1.165, 1.54) is 0 Å². The molecule has 1 N–H and O–H groups in total. The molecule has 130 valence electrons. The number of unbranched alkanes of at least 4 members (excludes halogenated alkanes) is 2. The molecule has 0 saturated heterocycles. The lowest BCUT2D eigenvalue weighted by molar-refractivity contribution is -0.116. The quantitative estimate of drug-likeness (QED) is 0.556. The number of benzene rings is 1. The predicted octanol–water partition coefficient (Wildman–Crippen LogP) is 4.85. The molecular weight excluding hydrogens is 302 g/mol. The van der Waals surface area contributed by atoms with E-state index in [0.29, 0.717) is 13.2 Å². The SMILES string of the molecule is CCCCCNC(=O)/C=C(\C)c1cc2c(C)coc2cc1OCC. The number of carbonyl (C=O) groups is 1. The highest BCUT2D eigenvalue weighted by Gasteiger charge is 2.12. The highest BCUT2D eigenvalue weighted by atomic mass is 16.5. The lowest BCUT2D eigenvalue weighted by Crippen LogP contribution is -2.22. The molecule has 1 aromatic carbocycles. The molecule has 2 rings (SSSR count). The summed E-state index contributed by atoms with van der Waals surface area (Å²) in [4.78, 5) is 12.1. The maximum absolute atomic E-state index is 12.1. The second kappa shape index (κ2) is 8.57. The number of nitrogens with one attached hydrogen (secondary N) is 1. The monoisotopic (exact) mass is 329 g/mol. The van der Waals surface area contributed by atoms with E-state index >= 15 is 0 Å². The first-order chi connectivity index (χ1) is 11.6. The van der Waals surface area contributed by atoms with Gasteiger partial charge >= 0.3 is 0 Å². The van der Waals surface area contributed by atoms with E-state index in [2.05, 4.69) is 12.2 Å². The van der Waals surface area contributed by atoms with Crippen molar-refractivity contribution < 1.29 is 13.9 Å². The van der Waals surface area contributed by atoms with Crippen LogP contribution < -0.4 is 10.1 Å². The lowest BCUT2D eigenvalue weighted by Gasteiger charge is -2.11. The molecule has 24 heavy (non-hydrogen) atoms. The van der Waals surface area contributed by atoms with Crippen molar-refractivity contribution in [2.75, 3.05) is 13.2 Å². The number of fused-ring (bicyclic) bond motifs is 1. The number of furan rings is 1. The summed E-state index contributed by atoms with van der Waals surface area (Å²) in [6.45, 7) is 9.32. The van der Waals surface area contributed by atoms with E-state index in [0.717, 1.165) is 52.7 Å². The summed E-state index contributed by atoms with van der Waals surface area (Å²) in [5, 5.41) is 3.98. The van der Waals surface area contributed by atoms with Crippen LogP contribution in [-0.4, -0.2) is 19.1 Å². The molecule has 4 heteroatoms. The fourth-order valence-electron chi connectivity index (χ4n) is 2.68. The summed E-state index contributed by atoms with van der Waals surface area (Å²) >= 11 is 0. The molecule has 2 aromatic rings. The highest BCUT2D eigenvalue weighted by Crippen LogP contribution is 2.33. The van der Waals surface area contributed by atoms with Gasteiger partial charge in [0.2, 0.25) is 5.91 Å². The summed E-state index contributed by atoms with van der Waals surface area (Å²) in [7, 11) is 0. The summed E-state index contributed by atoms with van der Waals surface area (Å²) in [5.74, 6) is 0.682. The van der Waals surface area contributed by atoms with Crippen LogP contribution in [0.3, 0.4) is 0 Å². The number of carbonyl (C=O) groups excluding carboxylic acids is 1. The minimum atomic E-state index is -0.0601. The number of rotatable bonds is 8. The molecule has 0 aliphatic rings. The standard InChI is InChI=1S/C20H27NO3/c1-5-7-8-9-21-20(22)10-14(3)16-11-17-15(4)13-24-19(17)12-18(16)23-6-2/h10-13H,5-9H2,1-4H3,(H,21,22)/b14-10+.